The zero-order chi connectivity index (χ0) is 18.4. The Balaban J connectivity index is 1.62. The number of nitrogens with zero attached hydrogens (tertiary/aromatic N) is 2. The molecule has 2 aliphatic rings. The van der Waals surface area contributed by atoms with E-state index in [2.05, 4.69) is 5.32 Å². The van der Waals surface area contributed by atoms with Crippen LogP contribution in [0.3, 0.4) is 0 Å². The van der Waals surface area contributed by atoms with Gasteiger partial charge in [0, 0.05) is 30.8 Å². The van der Waals surface area contributed by atoms with Gasteiger partial charge >= 0.3 is 0 Å². The monoisotopic (exact) mass is 371 g/mol. The van der Waals surface area contributed by atoms with Gasteiger partial charge in [-0.2, -0.15) is 0 Å². The van der Waals surface area contributed by atoms with Crippen LogP contribution in [0.25, 0.3) is 0 Å². The summed E-state index contributed by atoms with van der Waals surface area (Å²) in [6.45, 7) is 0.673. The molecule has 0 saturated heterocycles. The van der Waals surface area contributed by atoms with Gasteiger partial charge in [-0.15, -0.1) is 0 Å². The topological polar surface area (TPSA) is 92.6 Å². The Morgan fingerprint density at radius 3 is 2.58 bits per heavy atom. The fourth-order valence-electron chi connectivity index (χ4n) is 3.53. The summed E-state index contributed by atoms with van der Waals surface area (Å²) in [4.78, 5) is 36.5. The summed E-state index contributed by atoms with van der Waals surface area (Å²) in [5.74, 6) is -0.288. The van der Waals surface area contributed by atoms with Gasteiger partial charge < -0.3 is 10.2 Å². The van der Waals surface area contributed by atoms with E-state index in [9.17, 15) is 19.7 Å². The highest BCUT2D eigenvalue weighted by Gasteiger charge is 2.31. The first-order valence-electron chi connectivity index (χ1n) is 8.15. The molecule has 26 heavy (non-hydrogen) atoms. The lowest BCUT2D eigenvalue weighted by atomic mass is 9.98. The molecule has 0 unspecified atom stereocenters. The van der Waals surface area contributed by atoms with Crippen LogP contribution in [0.15, 0.2) is 30.3 Å². The Kier molecular flexibility index (Phi) is 3.88. The van der Waals surface area contributed by atoms with Crippen LogP contribution in [0.1, 0.15) is 27.9 Å². The van der Waals surface area contributed by atoms with E-state index in [4.69, 9.17) is 11.6 Å². The molecule has 4 rings (SSSR count). The third-order valence-corrected chi connectivity index (χ3v) is 5.03. The fourth-order valence-corrected chi connectivity index (χ4v) is 3.79. The number of nitro groups is 1. The predicted molar refractivity (Wildman–Crippen MR) is 96.9 cm³/mol. The second-order valence-electron chi connectivity index (χ2n) is 6.31. The Morgan fingerprint density at radius 1 is 1.15 bits per heavy atom. The molecule has 0 saturated carbocycles. The number of nitro benzene ring substituents is 1. The number of aryl methyl sites for hydroxylation is 1. The van der Waals surface area contributed by atoms with Crippen molar-refractivity contribution >= 4 is 40.5 Å². The lowest BCUT2D eigenvalue weighted by molar-refractivity contribution is -0.384. The predicted octanol–water partition coefficient (Wildman–Crippen LogP) is 3.34. The van der Waals surface area contributed by atoms with Gasteiger partial charge in [0.2, 0.25) is 5.91 Å². The van der Waals surface area contributed by atoms with E-state index >= 15 is 0 Å². The second-order valence-corrected chi connectivity index (χ2v) is 6.72. The number of rotatable bonds is 3. The minimum absolute atomic E-state index is 0.0240. The standard InChI is InChI=1S/C18H14ClN3O4/c19-15-9-13(22(25)26)2-3-14(15)18(24)20-12-7-10-1-4-16(23)21-6-5-11(8-12)17(10)21/h2-3,7-9H,1,4-6H2,(H,20,24). The SMILES string of the molecule is O=C(Nc1cc2c3c(c1)CCN3C(=O)CC2)c1ccc([N+](=O)[O-])cc1Cl. The highest BCUT2D eigenvalue weighted by Crippen LogP contribution is 2.38. The number of non-ortho nitro benzene ring substituents is 1. The number of benzene rings is 2. The van der Waals surface area contributed by atoms with Crippen LogP contribution in [0.2, 0.25) is 5.02 Å². The maximum absolute atomic E-state index is 12.5. The average molecular weight is 372 g/mol. The third-order valence-electron chi connectivity index (χ3n) is 4.72. The van der Waals surface area contributed by atoms with Crippen LogP contribution in [-0.4, -0.2) is 23.3 Å². The number of carbonyl (C=O) groups excluding carboxylic acids is 2. The Hall–Kier alpha value is -2.93. The molecule has 0 aromatic heterocycles. The van der Waals surface area contributed by atoms with E-state index in [0.717, 1.165) is 29.3 Å². The van der Waals surface area contributed by atoms with Crippen LogP contribution in [0.5, 0.6) is 0 Å². The zero-order valence-corrected chi connectivity index (χ0v) is 14.4. The van der Waals surface area contributed by atoms with E-state index in [-0.39, 0.29) is 22.2 Å². The number of hydrogen-bond donors (Lipinski definition) is 1. The first kappa shape index (κ1) is 16.5. The minimum atomic E-state index is -0.564. The maximum Gasteiger partial charge on any atom is 0.270 e. The van der Waals surface area contributed by atoms with Gasteiger partial charge in [-0.1, -0.05) is 11.6 Å². The molecular weight excluding hydrogens is 358 g/mol. The summed E-state index contributed by atoms with van der Waals surface area (Å²) in [5.41, 5.74) is 3.70. The molecular formula is C18H14ClN3O4. The van der Waals surface area contributed by atoms with Crippen molar-refractivity contribution in [3.05, 3.63) is 62.2 Å². The zero-order valence-electron chi connectivity index (χ0n) is 13.6. The molecule has 132 valence electrons. The number of halogens is 1. The van der Waals surface area contributed by atoms with Crippen LogP contribution in [-0.2, 0) is 17.6 Å². The molecule has 1 N–H and O–H groups in total. The van der Waals surface area contributed by atoms with Crippen molar-refractivity contribution in [2.45, 2.75) is 19.3 Å². The van der Waals surface area contributed by atoms with Crippen LogP contribution < -0.4 is 10.2 Å². The van der Waals surface area contributed by atoms with Gasteiger partial charge in [0.05, 0.1) is 21.2 Å². The molecule has 0 radical (unpaired) electrons. The molecule has 2 aromatic carbocycles. The van der Waals surface area contributed by atoms with Gasteiger partial charge in [-0.25, -0.2) is 0 Å². The molecule has 8 heteroatoms. The summed E-state index contributed by atoms with van der Waals surface area (Å²) < 4.78 is 0. The number of amides is 2. The molecule has 2 aromatic rings. The van der Waals surface area contributed by atoms with Crippen molar-refractivity contribution in [3.63, 3.8) is 0 Å². The van der Waals surface area contributed by atoms with Crippen molar-refractivity contribution < 1.29 is 14.5 Å². The summed E-state index contributed by atoms with van der Waals surface area (Å²) >= 11 is 6.02. The van der Waals surface area contributed by atoms with E-state index < -0.39 is 10.8 Å². The summed E-state index contributed by atoms with van der Waals surface area (Å²) in [6, 6.07) is 7.49. The van der Waals surface area contributed by atoms with Crippen molar-refractivity contribution in [3.8, 4) is 0 Å². The van der Waals surface area contributed by atoms with Crippen LogP contribution >= 0.6 is 11.6 Å². The number of carbonyl (C=O) groups is 2. The smallest absolute Gasteiger partial charge is 0.270 e. The average Bonchev–Trinajstić information content (AvgIpc) is 3.03. The highest BCUT2D eigenvalue weighted by atomic mass is 35.5. The van der Waals surface area contributed by atoms with Crippen molar-refractivity contribution in [1.82, 2.24) is 0 Å². The molecule has 2 heterocycles. The Bertz CT molecular complexity index is 973. The molecule has 0 atom stereocenters. The quantitative estimate of drug-likeness (QED) is 0.661. The molecule has 0 fully saturated rings. The normalized spacial score (nSPS) is 15.0. The van der Waals surface area contributed by atoms with Gasteiger partial charge in [0.15, 0.2) is 0 Å². The van der Waals surface area contributed by atoms with E-state index in [1.807, 2.05) is 17.0 Å². The molecule has 0 spiro atoms. The van der Waals surface area contributed by atoms with Gasteiger partial charge in [-0.05, 0) is 42.2 Å². The highest BCUT2D eigenvalue weighted by molar-refractivity contribution is 6.34. The first-order valence-corrected chi connectivity index (χ1v) is 8.53. The lowest BCUT2D eigenvalue weighted by Gasteiger charge is -2.25. The van der Waals surface area contributed by atoms with Gasteiger partial charge in [-0.3, -0.25) is 19.7 Å². The molecule has 7 nitrogen and oxygen atoms in total. The second kappa shape index (κ2) is 6.10. The molecule has 0 bridgehead atoms. The van der Waals surface area contributed by atoms with E-state index in [1.165, 1.54) is 12.1 Å². The molecule has 2 amide bonds. The van der Waals surface area contributed by atoms with Crippen LogP contribution in [0.4, 0.5) is 17.1 Å². The third kappa shape index (κ3) is 2.70. The van der Waals surface area contributed by atoms with Crippen LogP contribution in [0, 0.1) is 10.1 Å². The minimum Gasteiger partial charge on any atom is -0.322 e. The largest absolute Gasteiger partial charge is 0.322 e. The number of hydrogen-bond acceptors (Lipinski definition) is 4. The number of anilines is 2. The fraction of sp³-hybridized carbons (Fsp3) is 0.222. The maximum atomic E-state index is 12.5. The Labute approximate surface area is 153 Å². The van der Waals surface area contributed by atoms with E-state index in [1.54, 1.807) is 0 Å². The van der Waals surface area contributed by atoms with Gasteiger partial charge in [0.1, 0.15) is 0 Å². The van der Waals surface area contributed by atoms with Crippen molar-refractivity contribution in [2.75, 3.05) is 16.8 Å². The van der Waals surface area contributed by atoms with Crippen molar-refractivity contribution in [2.24, 2.45) is 0 Å². The van der Waals surface area contributed by atoms with Gasteiger partial charge in [0.25, 0.3) is 11.6 Å². The molecule has 0 aliphatic carbocycles. The first-order chi connectivity index (χ1) is 12.4. The summed E-state index contributed by atoms with van der Waals surface area (Å²) in [7, 11) is 0. The van der Waals surface area contributed by atoms with E-state index in [0.29, 0.717) is 25.1 Å². The summed E-state index contributed by atoms with van der Waals surface area (Å²) in [6.07, 6.45) is 1.88. The number of nitrogens with one attached hydrogen (secondary N) is 1. The van der Waals surface area contributed by atoms with Crippen molar-refractivity contribution in [1.29, 1.82) is 0 Å². The molecule has 2 aliphatic heterocycles. The Morgan fingerprint density at radius 2 is 1.88 bits per heavy atom. The summed E-state index contributed by atoms with van der Waals surface area (Å²) in [5, 5.41) is 13.6. The lowest BCUT2D eigenvalue weighted by Crippen LogP contribution is -2.32.